The Bertz CT molecular complexity index is 2640. The molecule has 8 bridgehead atoms. The van der Waals surface area contributed by atoms with Crippen LogP contribution in [0.25, 0.3) is 50.4 Å². The van der Waals surface area contributed by atoms with Gasteiger partial charge in [-0.3, -0.25) is 24.0 Å². The molecule has 5 atom stereocenters. The van der Waals surface area contributed by atoms with Gasteiger partial charge in [0.05, 0.1) is 22.8 Å². The first-order valence-electron chi connectivity index (χ1n) is 21.8. The van der Waals surface area contributed by atoms with Gasteiger partial charge in [-0.1, -0.05) is 19.6 Å². The quantitative estimate of drug-likeness (QED) is 0.0748. The number of esters is 4. The van der Waals surface area contributed by atoms with Crippen molar-refractivity contribution >= 4 is 92.0 Å². The standard InChI is InChI=1S/C49H59N5O10S/c1-12-33-26(5)39-22-42-34(13-2)25(4)38(52-42)21-40-27(6)35(45(54-40)28(7)37-19-24(3)36(51-37)20-41(33)53-39)15-16-44(59)50-17-14-18-65-49-48(63-32(11)58)47(62-31(10)57)46(61-30(9)56)43(64-49)23-60-29(8)55/h13,19-22,43,46-49,51-52H,2,12,14-18,23H2,1,3-11H3,(H,50,59)/t43-,46?,47+,48-,49+/m1/s1. The molecule has 1 unspecified atom stereocenters. The summed E-state index contributed by atoms with van der Waals surface area (Å²) >= 11 is 1.26. The fraction of sp³-hybridized carbons (Fsp3) is 0.449. The van der Waals surface area contributed by atoms with Gasteiger partial charge in [-0.15, -0.1) is 11.8 Å². The number of nitrogens with one attached hydrogen (secondary N) is 3. The maximum Gasteiger partial charge on any atom is 0.303 e. The fourth-order valence-electron chi connectivity index (χ4n) is 8.48. The van der Waals surface area contributed by atoms with Crippen LogP contribution in [0.4, 0.5) is 0 Å². The number of fused-ring (bicyclic) bond motifs is 8. The summed E-state index contributed by atoms with van der Waals surface area (Å²) in [6, 6.07) is 8.42. The second-order valence-corrected chi connectivity index (χ2v) is 17.7. The Morgan fingerprint density at radius 2 is 1.35 bits per heavy atom. The van der Waals surface area contributed by atoms with Gasteiger partial charge in [0.1, 0.15) is 18.1 Å². The van der Waals surface area contributed by atoms with Gasteiger partial charge in [0.25, 0.3) is 0 Å². The summed E-state index contributed by atoms with van der Waals surface area (Å²) in [7, 11) is 0. The number of amides is 1. The van der Waals surface area contributed by atoms with Crippen LogP contribution in [0.2, 0.25) is 0 Å². The smallest absolute Gasteiger partial charge is 0.303 e. The minimum atomic E-state index is -1.24. The first-order valence-corrected chi connectivity index (χ1v) is 22.9. The summed E-state index contributed by atoms with van der Waals surface area (Å²) in [5.41, 5.74) is 14.7. The highest BCUT2D eigenvalue weighted by Crippen LogP contribution is 2.38. The Morgan fingerprint density at radius 1 is 0.754 bits per heavy atom. The second kappa shape index (κ2) is 20.9. The van der Waals surface area contributed by atoms with E-state index in [0.29, 0.717) is 25.1 Å². The third-order valence-corrected chi connectivity index (χ3v) is 13.0. The summed E-state index contributed by atoms with van der Waals surface area (Å²) in [5, 5.41) is 3.03. The Kier molecular flexibility index (Phi) is 15.6. The zero-order valence-electron chi connectivity index (χ0n) is 38.8. The molecule has 1 amide bonds. The molecule has 3 aliphatic rings. The third-order valence-electron chi connectivity index (χ3n) is 11.8. The van der Waals surface area contributed by atoms with Crippen molar-refractivity contribution in [3.05, 3.63) is 75.9 Å². The third kappa shape index (κ3) is 11.1. The van der Waals surface area contributed by atoms with E-state index in [2.05, 4.69) is 80.7 Å². The van der Waals surface area contributed by atoms with Crippen LogP contribution in [0.15, 0.2) is 30.8 Å². The van der Waals surface area contributed by atoms with Gasteiger partial charge in [-0.25, -0.2) is 9.97 Å². The minimum absolute atomic E-state index is 0.137. The van der Waals surface area contributed by atoms with E-state index in [9.17, 15) is 24.0 Å². The molecule has 1 fully saturated rings. The lowest BCUT2D eigenvalue weighted by Gasteiger charge is -2.44. The molecule has 16 heteroatoms. The first kappa shape index (κ1) is 48.5. The van der Waals surface area contributed by atoms with Crippen molar-refractivity contribution in [1.82, 2.24) is 25.3 Å². The monoisotopic (exact) mass is 909 g/mol. The predicted octanol–water partition coefficient (Wildman–Crippen LogP) is 8.26. The van der Waals surface area contributed by atoms with Crippen molar-refractivity contribution < 1.29 is 47.7 Å². The lowest BCUT2D eigenvalue weighted by atomic mass is 9.98. The van der Waals surface area contributed by atoms with Gasteiger partial charge in [0, 0.05) is 68.3 Å². The van der Waals surface area contributed by atoms with Crippen LogP contribution in [0.5, 0.6) is 0 Å². The molecule has 0 saturated carbocycles. The fourth-order valence-corrected chi connectivity index (χ4v) is 9.65. The van der Waals surface area contributed by atoms with Crippen molar-refractivity contribution in [3.63, 3.8) is 0 Å². The molecule has 0 radical (unpaired) electrons. The van der Waals surface area contributed by atoms with E-state index in [1.165, 1.54) is 45.0 Å². The average Bonchev–Trinajstić information content (AvgIpc) is 3.94. The van der Waals surface area contributed by atoms with Crippen LogP contribution in [-0.4, -0.2) is 98.5 Å². The summed E-state index contributed by atoms with van der Waals surface area (Å²) < 4.78 is 28.0. The Labute approximate surface area is 383 Å². The van der Waals surface area contributed by atoms with Gasteiger partial charge in [0.15, 0.2) is 18.3 Å². The molecule has 1 saturated heterocycles. The number of carbonyl (C=O) groups is 5. The van der Waals surface area contributed by atoms with Gasteiger partial charge in [-0.2, -0.15) is 0 Å². The molecule has 3 aliphatic heterocycles. The number of thioether (sulfide) groups is 1. The topological polar surface area (TPSA) is 201 Å². The number of nitrogens with zero attached hydrogens (tertiary/aromatic N) is 2. The van der Waals surface area contributed by atoms with Gasteiger partial charge in [0.2, 0.25) is 5.91 Å². The molecule has 0 aliphatic carbocycles. The van der Waals surface area contributed by atoms with E-state index in [1.807, 2.05) is 13.0 Å². The number of aryl methyl sites for hydroxylation is 3. The van der Waals surface area contributed by atoms with Crippen LogP contribution < -0.4 is 5.32 Å². The lowest BCUT2D eigenvalue weighted by molar-refractivity contribution is -0.237. The maximum atomic E-state index is 13.5. The summed E-state index contributed by atoms with van der Waals surface area (Å²) in [6.45, 7) is 21.5. The molecule has 0 aromatic carbocycles. The van der Waals surface area contributed by atoms with E-state index in [-0.39, 0.29) is 18.9 Å². The number of ether oxygens (including phenoxy) is 5. The van der Waals surface area contributed by atoms with Gasteiger partial charge < -0.3 is 39.0 Å². The number of aromatic nitrogens is 4. The number of rotatable bonds is 15. The molecular weight excluding hydrogens is 851 g/mol. The number of allylic oxidation sites excluding steroid dienone is 4. The van der Waals surface area contributed by atoms with Crippen molar-refractivity contribution in [2.24, 2.45) is 0 Å². The molecule has 6 heterocycles. The van der Waals surface area contributed by atoms with Crippen LogP contribution in [0.3, 0.4) is 0 Å². The van der Waals surface area contributed by atoms with Crippen molar-refractivity contribution in [2.75, 3.05) is 18.9 Å². The van der Waals surface area contributed by atoms with Crippen molar-refractivity contribution in [2.45, 2.75) is 125 Å². The molecule has 0 spiro atoms. The SMILES string of the molecule is C=Cc1c(C)c2cc3nc(c(C)c4cc(C)c(cc5nc(cc1[nH]2)C(C)=C5CC)[nH]4)C(CCC(=O)NCCCS[C@@H]1O[C@H](COC(C)=O)C(OC(C)=O)[C@H](OC(C)=O)[C@H]1OC(C)=O)=C3C. The largest absolute Gasteiger partial charge is 0.463 e. The van der Waals surface area contributed by atoms with E-state index in [1.54, 1.807) is 0 Å². The van der Waals surface area contributed by atoms with Crippen molar-refractivity contribution in [3.8, 4) is 0 Å². The maximum absolute atomic E-state index is 13.5. The van der Waals surface area contributed by atoms with Crippen LogP contribution in [0, 0.1) is 20.8 Å². The highest BCUT2D eigenvalue weighted by Gasteiger charge is 2.52. The minimum Gasteiger partial charge on any atom is -0.463 e. The highest BCUT2D eigenvalue weighted by molar-refractivity contribution is 7.99. The predicted molar refractivity (Wildman–Crippen MR) is 252 cm³/mol. The van der Waals surface area contributed by atoms with Crippen LogP contribution in [-0.2, 0) is 47.7 Å². The molecule has 65 heavy (non-hydrogen) atoms. The Hall–Kier alpha value is -6.00. The molecule has 3 N–H and O–H groups in total. The summed E-state index contributed by atoms with van der Waals surface area (Å²) in [6.07, 6.45) is -0.773. The van der Waals surface area contributed by atoms with E-state index in [4.69, 9.17) is 33.7 Å². The van der Waals surface area contributed by atoms with E-state index >= 15 is 0 Å². The summed E-state index contributed by atoms with van der Waals surface area (Å²) in [5.74, 6) is -2.36. The first-order chi connectivity index (χ1) is 30.9. The summed E-state index contributed by atoms with van der Waals surface area (Å²) in [4.78, 5) is 79.3. The zero-order valence-corrected chi connectivity index (χ0v) is 39.6. The second-order valence-electron chi connectivity index (χ2n) is 16.5. The Balaban J connectivity index is 1.21. The Morgan fingerprint density at radius 3 is 2.02 bits per heavy atom. The van der Waals surface area contributed by atoms with Crippen LogP contribution in [0.1, 0.15) is 119 Å². The number of hydrogen-bond donors (Lipinski definition) is 3. The number of H-pyrrole nitrogens is 2. The highest BCUT2D eigenvalue weighted by atomic mass is 32.2. The average molecular weight is 910 g/mol. The van der Waals surface area contributed by atoms with Crippen molar-refractivity contribution in [1.29, 1.82) is 0 Å². The van der Waals surface area contributed by atoms with Gasteiger partial charge >= 0.3 is 23.9 Å². The molecule has 6 rings (SSSR count). The normalized spacial score (nSPS) is 19.4. The molecule has 3 aromatic heterocycles. The lowest BCUT2D eigenvalue weighted by Crippen LogP contribution is -2.61. The van der Waals surface area contributed by atoms with E-state index < -0.39 is 53.7 Å². The number of hydrogen-bond acceptors (Lipinski definition) is 13. The zero-order chi connectivity index (χ0) is 47.3. The number of carbonyl (C=O) groups excluding carboxylic acids is 5. The van der Waals surface area contributed by atoms with Crippen LogP contribution >= 0.6 is 11.8 Å². The van der Waals surface area contributed by atoms with Gasteiger partial charge in [-0.05, 0) is 123 Å². The number of aromatic amines is 2. The van der Waals surface area contributed by atoms with E-state index in [0.717, 1.165) is 90.2 Å². The molecule has 346 valence electrons. The molecular formula is C49H59N5O10S. The molecule has 15 nitrogen and oxygen atoms in total. The molecule has 3 aromatic rings.